The summed E-state index contributed by atoms with van der Waals surface area (Å²) in [5.74, 6) is -0.916. The molecule has 1 aliphatic heterocycles. The minimum absolute atomic E-state index is 0.181. The number of rotatable bonds is 9. The summed E-state index contributed by atoms with van der Waals surface area (Å²) in [6.45, 7) is 12.2. The zero-order chi connectivity index (χ0) is 28.5. The number of benzene rings is 1. The molecule has 9 heteroatoms. The van der Waals surface area contributed by atoms with E-state index in [2.05, 4.69) is 53.7 Å². The van der Waals surface area contributed by atoms with Gasteiger partial charge in [-0.05, 0) is 61.5 Å². The van der Waals surface area contributed by atoms with Crippen LogP contribution in [0.15, 0.2) is 29.8 Å². The van der Waals surface area contributed by atoms with E-state index >= 15 is 0 Å². The number of amides is 3. The molecule has 3 amide bonds. The van der Waals surface area contributed by atoms with Gasteiger partial charge in [0.25, 0.3) is 5.91 Å². The van der Waals surface area contributed by atoms with Crippen LogP contribution in [0.2, 0.25) is 0 Å². The van der Waals surface area contributed by atoms with Gasteiger partial charge in [-0.2, -0.15) is 0 Å². The number of carbonyl (C=O) groups is 3. The van der Waals surface area contributed by atoms with E-state index in [0.717, 1.165) is 28.1 Å². The Labute approximate surface area is 235 Å². The van der Waals surface area contributed by atoms with E-state index in [-0.39, 0.29) is 30.7 Å². The Bertz CT molecular complexity index is 1200. The Morgan fingerprint density at radius 2 is 1.82 bits per heavy atom. The Morgan fingerprint density at radius 1 is 1.15 bits per heavy atom. The number of hydrogen-bond acceptors (Lipinski definition) is 5. The highest BCUT2D eigenvalue weighted by Gasteiger charge is 2.53. The number of alkyl halides is 1. The first-order valence-corrected chi connectivity index (χ1v) is 14.8. The molecule has 2 fully saturated rings. The number of likely N-dealkylation sites (tertiary alicyclic amines) is 1. The molecule has 1 unspecified atom stereocenters. The van der Waals surface area contributed by atoms with Crippen LogP contribution < -0.4 is 10.6 Å². The molecule has 1 aliphatic carbocycles. The van der Waals surface area contributed by atoms with Gasteiger partial charge in [0.05, 0.1) is 22.1 Å². The molecule has 1 aromatic carbocycles. The van der Waals surface area contributed by atoms with Crippen LogP contribution in [-0.4, -0.2) is 51.9 Å². The smallest absolute Gasteiger partial charge is 0.258 e. The fourth-order valence-corrected chi connectivity index (χ4v) is 5.99. The summed E-state index contributed by atoms with van der Waals surface area (Å²) in [4.78, 5) is 46.9. The molecule has 7 nitrogen and oxygen atoms in total. The summed E-state index contributed by atoms with van der Waals surface area (Å²) in [6, 6.07) is 6.48. The molecule has 39 heavy (non-hydrogen) atoms. The highest BCUT2D eigenvalue weighted by Crippen LogP contribution is 2.40. The Balaban J connectivity index is 1.50. The van der Waals surface area contributed by atoms with Crippen molar-refractivity contribution in [3.63, 3.8) is 0 Å². The Morgan fingerprint density at radius 3 is 2.36 bits per heavy atom. The van der Waals surface area contributed by atoms with Crippen LogP contribution in [0.5, 0.6) is 0 Å². The van der Waals surface area contributed by atoms with E-state index in [0.29, 0.717) is 25.3 Å². The number of thiazole rings is 1. The van der Waals surface area contributed by atoms with Crippen molar-refractivity contribution in [2.24, 2.45) is 11.3 Å². The summed E-state index contributed by atoms with van der Waals surface area (Å²) in [7, 11) is 0. The maximum Gasteiger partial charge on any atom is 0.258 e. The fraction of sp³-hybridized carbons (Fsp3) is 0.600. The number of nitrogens with one attached hydrogen (secondary N) is 2. The van der Waals surface area contributed by atoms with Crippen molar-refractivity contribution in [1.29, 1.82) is 0 Å². The van der Waals surface area contributed by atoms with Gasteiger partial charge in [0.2, 0.25) is 11.8 Å². The van der Waals surface area contributed by atoms with E-state index in [9.17, 15) is 18.8 Å². The van der Waals surface area contributed by atoms with Crippen LogP contribution in [0.4, 0.5) is 4.39 Å². The molecule has 1 aromatic heterocycles. The SMILES string of the molecule is Cc1ncsc1-c1ccc(C(CC(C)C)NC(=O)[C@@H]2CCCN2C(=O)[C@@H](NC(=O)C2(F)CC2)C(C)(C)C)cc1. The first kappa shape index (κ1) is 29.2. The average molecular weight is 557 g/mol. The van der Waals surface area contributed by atoms with Crippen LogP contribution in [-0.2, 0) is 14.4 Å². The third-order valence-electron chi connectivity index (χ3n) is 7.67. The minimum atomic E-state index is -1.87. The molecule has 0 spiro atoms. The Hall–Kier alpha value is -2.81. The first-order chi connectivity index (χ1) is 18.3. The van der Waals surface area contributed by atoms with Crippen molar-refractivity contribution in [2.45, 2.75) is 97.4 Å². The summed E-state index contributed by atoms with van der Waals surface area (Å²) in [5.41, 5.74) is 2.43. The lowest BCUT2D eigenvalue weighted by atomic mass is 9.85. The maximum absolute atomic E-state index is 14.4. The summed E-state index contributed by atoms with van der Waals surface area (Å²) < 4.78 is 14.4. The van der Waals surface area contributed by atoms with Gasteiger partial charge in [0.1, 0.15) is 12.1 Å². The predicted molar refractivity (Wildman–Crippen MR) is 152 cm³/mol. The van der Waals surface area contributed by atoms with Gasteiger partial charge in [-0.25, -0.2) is 9.37 Å². The van der Waals surface area contributed by atoms with Crippen molar-refractivity contribution in [3.8, 4) is 10.4 Å². The summed E-state index contributed by atoms with van der Waals surface area (Å²) >= 11 is 1.60. The number of aromatic nitrogens is 1. The van der Waals surface area contributed by atoms with E-state index in [1.165, 1.54) is 0 Å². The highest BCUT2D eigenvalue weighted by atomic mass is 32.1. The number of halogens is 1. The summed E-state index contributed by atoms with van der Waals surface area (Å²) in [6.07, 6.45) is 2.36. The molecule has 2 aromatic rings. The van der Waals surface area contributed by atoms with E-state index in [4.69, 9.17) is 0 Å². The standard InChI is InChI=1S/C30H41FN4O3S/c1-18(2)16-22(20-9-11-21(12-10-20)24-19(3)32-17-39-24)33-26(36)23-8-7-15-35(23)27(37)25(29(4,5)6)34-28(38)30(31)13-14-30/h9-12,17-18,22-23,25H,7-8,13-16H2,1-6H3,(H,33,36)(H,34,38)/t22?,23-,25+/m0/s1. The molecular weight excluding hydrogens is 515 g/mol. The minimum Gasteiger partial charge on any atom is -0.347 e. The lowest BCUT2D eigenvalue weighted by Crippen LogP contribution is -2.59. The topological polar surface area (TPSA) is 91.4 Å². The normalized spacial score (nSPS) is 20.0. The number of hydrogen-bond donors (Lipinski definition) is 2. The Kier molecular flexibility index (Phi) is 8.50. The van der Waals surface area contributed by atoms with Crippen LogP contribution in [0.1, 0.15) is 84.0 Å². The van der Waals surface area contributed by atoms with Crippen LogP contribution >= 0.6 is 11.3 Å². The molecule has 2 N–H and O–H groups in total. The highest BCUT2D eigenvalue weighted by molar-refractivity contribution is 7.13. The zero-order valence-electron chi connectivity index (χ0n) is 23.8. The van der Waals surface area contributed by atoms with Gasteiger partial charge in [0.15, 0.2) is 5.67 Å². The van der Waals surface area contributed by atoms with Gasteiger partial charge < -0.3 is 15.5 Å². The van der Waals surface area contributed by atoms with Crippen LogP contribution in [0, 0.1) is 18.3 Å². The lowest BCUT2D eigenvalue weighted by Gasteiger charge is -2.36. The van der Waals surface area contributed by atoms with Crippen molar-refractivity contribution < 1.29 is 18.8 Å². The second-order valence-corrected chi connectivity index (χ2v) is 13.4. The molecule has 3 atom stereocenters. The van der Waals surface area contributed by atoms with Gasteiger partial charge in [-0.1, -0.05) is 58.9 Å². The van der Waals surface area contributed by atoms with E-state index in [1.807, 2.05) is 33.2 Å². The fourth-order valence-electron chi connectivity index (χ4n) is 5.18. The van der Waals surface area contributed by atoms with Gasteiger partial charge in [-0.3, -0.25) is 14.4 Å². The van der Waals surface area contributed by atoms with Gasteiger partial charge in [0, 0.05) is 6.54 Å². The third-order valence-corrected chi connectivity index (χ3v) is 8.64. The van der Waals surface area contributed by atoms with Crippen LogP contribution in [0.3, 0.4) is 0 Å². The molecular formula is C30H41FN4O3S. The van der Waals surface area contributed by atoms with Gasteiger partial charge in [-0.15, -0.1) is 11.3 Å². The lowest BCUT2D eigenvalue weighted by molar-refractivity contribution is -0.145. The number of carbonyl (C=O) groups excluding carboxylic acids is 3. The molecule has 4 rings (SSSR count). The van der Waals surface area contributed by atoms with E-state index < -0.39 is 29.1 Å². The number of aryl methyl sites for hydroxylation is 1. The second kappa shape index (κ2) is 11.4. The van der Waals surface area contributed by atoms with Crippen LogP contribution in [0.25, 0.3) is 10.4 Å². The molecule has 2 heterocycles. The second-order valence-electron chi connectivity index (χ2n) is 12.5. The van der Waals surface area contributed by atoms with Crippen molar-refractivity contribution in [3.05, 3.63) is 41.0 Å². The number of nitrogens with zero attached hydrogens (tertiary/aromatic N) is 2. The molecule has 0 radical (unpaired) electrons. The largest absolute Gasteiger partial charge is 0.347 e. The van der Waals surface area contributed by atoms with Crippen molar-refractivity contribution in [2.75, 3.05) is 6.54 Å². The van der Waals surface area contributed by atoms with Gasteiger partial charge >= 0.3 is 0 Å². The monoisotopic (exact) mass is 556 g/mol. The molecule has 1 saturated carbocycles. The molecule has 212 valence electrons. The zero-order valence-corrected chi connectivity index (χ0v) is 24.7. The average Bonchev–Trinajstić information content (AvgIpc) is 3.25. The molecule has 2 aliphatic rings. The van der Waals surface area contributed by atoms with Crippen molar-refractivity contribution >= 4 is 29.1 Å². The quantitative estimate of drug-likeness (QED) is 0.436. The molecule has 1 saturated heterocycles. The third kappa shape index (κ3) is 6.68. The predicted octanol–water partition coefficient (Wildman–Crippen LogP) is 5.35. The summed E-state index contributed by atoms with van der Waals surface area (Å²) in [5, 5.41) is 5.89. The van der Waals surface area contributed by atoms with E-state index in [1.54, 1.807) is 16.2 Å². The first-order valence-electron chi connectivity index (χ1n) is 13.9. The van der Waals surface area contributed by atoms with Crippen molar-refractivity contribution in [1.82, 2.24) is 20.5 Å². The maximum atomic E-state index is 14.4. The molecule has 0 bridgehead atoms.